The summed E-state index contributed by atoms with van der Waals surface area (Å²) in [5.74, 6) is -0.930. The van der Waals surface area contributed by atoms with Gasteiger partial charge in [-0.05, 0) is 31.2 Å². The van der Waals surface area contributed by atoms with E-state index in [1.54, 1.807) is 43.3 Å². The summed E-state index contributed by atoms with van der Waals surface area (Å²) >= 11 is 11.8. The molecule has 0 saturated carbocycles. The van der Waals surface area contributed by atoms with Crippen LogP contribution in [0.3, 0.4) is 0 Å². The lowest BCUT2D eigenvalue weighted by Gasteiger charge is -2.15. The lowest BCUT2D eigenvalue weighted by Crippen LogP contribution is -2.36. The Balaban J connectivity index is 1.89. The fourth-order valence-electron chi connectivity index (χ4n) is 1.80. The molecule has 1 aromatic heterocycles. The van der Waals surface area contributed by atoms with Gasteiger partial charge < -0.3 is 10.1 Å². The van der Waals surface area contributed by atoms with Crippen molar-refractivity contribution in [2.24, 2.45) is 0 Å². The molecular weight excluding hydrogens is 339 g/mol. The smallest absolute Gasteiger partial charge is 0.339 e. The zero-order valence-corrected chi connectivity index (χ0v) is 13.8. The molecule has 1 amide bonds. The Morgan fingerprint density at radius 1 is 1.17 bits per heavy atom. The Morgan fingerprint density at radius 2 is 1.87 bits per heavy atom. The Labute approximate surface area is 143 Å². The Morgan fingerprint density at radius 3 is 2.57 bits per heavy atom. The maximum absolute atomic E-state index is 12.0. The number of carbonyl (C=O) groups excluding carboxylic acids is 2. The van der Waals surface area contributed by atoms with Crippen molar-refractivity contribution in [2.45, 2.75) is 13.0 Å². The van der Waals surface area contributed by atoms with E-state index in [0.717, 1.165) is 0 Å². The van der Waals surface area contributed by atoms with Crippen LogP contribution in [0.25, 0.3) is 0 Å². The van der Waals surface area contributed by atoms with E-state index in [2.05, 4.69) is 10.3 Å². The minimum atomic E-state index is -0.545. The van der Waals surface area contributed by atoms with Gasteiger partial charge in [0.2, 0.25) is 0 Å². The molecule has 1 atom stereocenters. The molecule has 0 aliphatic heterocycles. The number of hydrogen-bond donors (Lipinski definition) is 1. The second-order valence-electron chi connectivity index (χ2n) is 4.79. The molecule has 2 aromatic rings. The number of ether oxygens (including phenoxy) is 1. The molecule has 0 radical (unpaired) electrons. The molecule has 0 fully saturated rings. The van der Waals surface area contributed by atoms with Crippen molar-refractivity contribution in [1.29, 1.82) is 0 Å². The molecule has 5 nitrogen and oxygen atoms in total. The van der Waals surface area contributed by atoms with E-state index in [1.807, 2.05) is 0 Å². The summed E-state index contributed by atoms with van der Waals surface area (Å²) in [7, 11) is 0. The maximum Gasteiger partial charge on any atom is 0.339 e. The van der Waals surface area contributed by atoms with Crippen LogP contribution in [0, 0.1) is 0 Å². The van der Waals surface area contributed by atoms with Crippen molar-refractivity contribution in [3.8, 4) is 0 Å². The van der Waals surface area contributed by atoms with Gasteiger partial charge in [0.1, 0.15) is 11.8 Å². The van der Waals surface area contributed by atoms with E-state index in [4.69, 9.17) is 27.9 Å². The summed E-state index contributed by atoms with van der Waals surface area (Å²) < 4.78 is 5.15. The summed E-state index contributed by atoms with van der Waals surface area (Å²) in [5.41, 5.74) is 0.543. The molecule has 0 aliphatic rings. The van der Waals surface area contributed by atoms with Crippen LogP contribution < -0.4 is 5.32 Å². The molecule has 1 aromatic carbocycles. The monoisotopic (exact) mass is 352 g/mol. The third-order valence-electron chi connectivity index (χ3n) is 2.94. The number of nitrogens with one attached hydrogen (secondary N) is 1. The highest BCUT2D eigenvalue weighted by Gasteiger charge is 2.16. The molecule has 7 heteroatoms. The number of hydrogen-bond acceptors (Lipinski definition) is 4. The molecular formula is C16H14Cl2N2O3. The van der Waals surface area contributed by atoms with Crippen molar-refractivity contribution in [3.05, 3.63) is 63.9 Å². The number of nitrogens with zero attached hydrogens (tertiary/aromatic N) is 1. The van der Waals surface area contributed by atoms with E-state index in [-0.39, 0.29) is 28.8 Å². The number of aromatic nitrogens is 1. The predicted molar refractivity (Wildman–Crippen MR) is 87.9 cm³/mol. The average molecular weight is 353 g/mol. The lowest BCUT2D eigenvalue weighted by atomic mass is 10.2. The fraction of sp³-hybridized carbons (Fsp3) is 0.188. The number of benzene rings is 1. The van der Waals surface area contributed by atoms with Gasteiger partial charge in [-0.25, -0.2) is 9.78 Å². The second kappa shape index (κ2) is 7.94. The van der Waals surface area contributed by atoms with Gasteiger partial charge in [0.25, 0.3) is 5.91 Å². The van der Waals surface area contributed by atoms with Crippen LogP contribution in [0.1, 0.15) is 27.6 Å². The summed E-state index contributed by atoms with van der Waals surface area (Å²) in [6.45, 7) is 1.72. The average Bonchev–Trinajstić information content (AvgIpc) is 2.53. The van der Waals surface area contributed by atoms with Crippen LogP contribution in [-0.2, 0) is 4.74 Å². The van der Waals surface area contributed by atoms with E-state index in [9.17, 15) is 9.59 Å². The Kier molecular flexibility index (Phi) is 5.96. The number of esters is 1. The van der Waals surface area contributed by atoms with Crippen molar-refractivity contribution < 1.29 is 14.3 Å². The zero-order chi connectivity index (χ0) is 16.8. The van der Waals surface area contributed by atoms with Gasteiger partial charge in [-0.2, -0.15) is 0 Å². The first-order valence-electron chi connectivity index (χ1n) is 6.82. The molecule has 0 spiro atoms. The molecule has 23 heavy (non-hydrogen) atoms. The molecule has 0 bridgehead atoms. The molecule has 1 heterocycles. The van der Waals surface area contributed by atoms with Crippen LogP contribution in [0.2, 0.25) is 10.2 Å². The van der Waals surface area contributed by atoms with Crippen LogP contribution in [0.5, 0.6) is 0 Å². The lowest BCUT2D eigenvalue weighted by molar-refractivity contribution is 0.0465. The molecule has 0 saturated heterocycles. The molecule has 120 valence electrons. The first-order valence-corrected chi connectivity index (χ1v) is 7.57. The predicted octanol–water partition coefficient (Wildman–Crippen LogP) is 3.36. The maximum atomic E-state index is 12.0. The number of amides is 1. The second-order valence-corrected chi connectivity index (χ2v) is 5.56. The van der Waals surface area contributed by atoms with Crippen molar-refractivity contribution in [3.63, 3.8) is 0 Å². The standard InChI is InChI=1S/C16H14Cl2N2O3/c1-10(20-15(21)12-6-4-8-19-14(12)18)9-23-16(22)11-5-2-3-7-13(11)17/h2-8,10H,9H2,1H3,(H,20,21)/t10-/m0/s1. The highest BCUT2D eigenvalue weighted by molar-refractivity contribution is 6.33. The fourth-order valence-corrected chi connectivity index (χ4v) is 2.22. The van der Waals surface area contributed by atoms with Crippen LogP contribution in [0.15, 0.2) is 42.6 Å². The molecule has 1 N–H and O–H groups in total. The summed E-state index contributed by atoms with van der Waals surface area (Å²) in [6.07, 6.45) is 1.49. The third-order valence-corrected chi connectivity index (χ3v) is 3.57. The minimum absolute atomic E-state index is 0.00762. The third kappa shape index (κ3) is 4.68. The molecule has 0 aliphatic carbocycles. The Bertz CT molecular complexity index is 722. The van der Waals surface area contributed by atoms with Gasteiger partial charge in [-0.15, -0.1) is 0 Å². The van der Waals surface area contributed by atoms with Gasteiger partial charge in [-0.3, -0.25) is 4.79 Å². The van der Waals surface area contributed by atoms with Crippen LogP contribution in [0.4, 0.5) is 0 Å². The quantitative estimate of drug-likeness (QED) is 0.661. The van der Waals surface area contributed by atoms with E-state index >= 15 is 0 Å². The van der Waals surface area contributed by atoms with Gasteiger partial charge in [0, 0.05) is 6.20 Å². The summed E-state index contributed by atoms with van der Waals surface area (Å²) in [6, 6.07) is 9.37. The normalized spacial score (nSPS) is 11.6. The summed E-state index contributed by atoms with van der Waals surface area (Å²) in [4.78, 5) is 27.8. The van der Waals surface area contributed by atoms with E-state index < -0.39 is 12.0 Å². The van der Waals surface area contributed by atoms with E-state index in [1.165, 1.54) is 6.20 Å². The van der Waals surface area contributed by atoms with Gasteiger partial charge in [-0.1, -0.05) is 35.3 Å². The largest absolute Gasteiger partial charge is 0.460 e. The number of pyridine rings is 1. The van der Waals surface area contributed by atoms with Gasteiger partial charge >= 0.3 is 5.97 Å². The van der Waals surface area contributed by atoms with Crippen molar-refractivity contribution in [2.75, 3.05) is 6.61 Å². The van der Waals surface area contributed by atoms with Gasteiger partial charge in [0.15, 0.2) is 0 Å². The molecule has 2 rings (SSSR count). The SMILES string of the molecule is C[C@@H](COC(=O)c1ccccc1Cl)NC(=O)c1cccnc1Cl. The van der Waals surface area contributed by atoms with E-state index in [0.29, 0.717) is 5.02 Å². The number of carbonyl (C=O) groups is 2. The number of rotatable bonds is 5. The van der Waals surface area contributed by atoms with Crippen molar-refractivity contribution >= 4 is 35.1 Å². The van der Waals surface area contributed by atoms with Crippen LogP contribution >= 0.6 is 23.2 Å². The first kappa shape index (κ1) is 17.2. The zero-order valence-electron chi connectivity index (χ0n) is 12.3. The molecule has 0 unspecified atom stereocenters. The summed E-state index contributed by atoms with van der Waals surface area (Å²) in [5, 5.41) is 3.12. The van der Waals surface area contributed by atoms with Gasteiger partial charge in [0.05, 0.1) is 22.2 Å². The topological polar surface area (TPSA) is 68.3 Å². The first-order chi connectivity index (χ1) is 11.0. The highest BCUT2D eigenvalue weighted by Crippen LogP contribution is 2.16. The number of halogens is 2. The minimum Gasteiger partial charge on any atom is -0.460 e. The highest BCUT2D eigenvalue weighted by atomic mass is 35.5. The van der Waals surface area contributed by atoms with Crippen LogP contribution in [-0.4, -0.2) is 29.5 Å². The van der Waals surface area contributed by atoms with Crippen molar-refractivity contribution in [1.82, 2.24) is 10.3 Å². The Hall–Kier alpha value is -2.11.